The van der Waals surface area contributed by atoms with Crippen LogP contribution in [0.15, 0.2) is 48.9 Å². The van der Waals surface area contributed by atoms with Gasteiger partial charge in [-0.2, -0.15) is 5.10 Å². The van der Waals surface area contributed by atoms with Crippen LogP contribution in [0, 0.1) is 0 Å². The number of rotatable bonds is 5. The summed E-state index contributed by atoms with van der Waals surface area (Å²) >= 11 is 0. The average molecular weight is 365 g/mol. The summed E-state index contributed by atoms with van der Waals surface area (Å²) < 4.78 is 18.7. The normalized spacial score (nSPS) is 18.3. The van der Waals surface area contributed by atoms with E-state index in [0.29, 0.717) is 19.4 Å². The molecule has 0 saturated heterocycles. The molecule has 2 aromatic heterocycles. The Balaban J connectivity index is 1.30. The first-order chi connectivity index (χ1) is 13.3. The van der Waals surface area contributed by atoms with Crippen molar-refractivity contribution in [3.05, 3.63) is 60.2 Å². The zero-order valence-electron chi connectivity index (χ0n) is 14.7. The maximum absolute atomic E-state index is 5.78. The lowest BCUT2D eigenvalue weighted by Crippen LogP contribution is -2.39. The van der Waals surface area contributed by atoms with E-state index in [2.05, 4.69) is 38.2 Å². The number of benzene rings is 1. The van der Waals surface area contributed by atoms with Gasteiger partial charge < -0.3 is 14.2 Å². The minimum Gasteiger partial charge on any atom is -0.461 e. The Morgan fingerprint density at radius 3 is 2.89 bits per heavy atom. The van der Waals surface area contributed by atoms with E-state index in [1.807, 2.05) is 16.9 Å². The quantitative estimate of drug-likeness (QED) is 0.685. The van der Waals surface area contributed by atoms with Gasteiger partial charge in [-0.05, 0) is 29.8 Å². The molecule has 0 spiro atoms. The largest absolute Gasteiger partial charge is 0.461 e. The summed E-state index contributed by atoms with van der Waals surface area (Å²) in [7, 11) is 0. The molecule has 0 saturated carbocycles. The minimum absolute atomic E-state index is 0.0987. The molecular formula is C19H19N5O3. The lowest BCUT2D eigenvalue weighted by molar-refractivity contribution is 0.123. The monoisotopic (exact) mass is 365 g/mol. The van der Waals surface area contributed by atoms with Crippen molar-refractivity contribution < 1.29 is 14.2 Å². The second-order valence-corrected chi connectivity index (χ2v) is 6.62. The maximum atomic E-state index is 5.78. The van der Waals surface area contributed by atoms with Crippen LogP contribution in [0.1, 0.15) is 17.3 Å². The highest BCUT2D eigenvalue weighted by atomic mass is 16.7. The molecule has 1 aromatic carbocycles. The summed E-state index contributed by atoms with van der Waals surface area (Å²) in [6.45, 7) is 3.25. The zero-order chi connectivity index (χ0) is 18.1. The molecule has 4 heterocycles. The number of ether oxygens (including phenoxy) is 3. The summed E-state index contributed by atoms with van der Waals surface area (Å²) in [6.07, 6.45) is 5.19. The van der Waals surface area contributed by atoms with Gasteiger partial charge in [0, 0.05) is 38.2 Å². The third kappa shape index (κ3) is 3.31. The molecule has 2 aliphatic rings. The van der Waals surface area contributed by atoms with Gasteiger partial charge in [0.25, 0.3) is 0 Å². The fourth-order valence-electron chi connectivity index (χ4n) is 3.54. The van der Waals surface area contributed by atoms with E-state index < -0.39 is 0 Å². The molecular weight excluding hydrogens is 346 g/mol. The summed E-state index contributed by atoms with van der Waals surface area (Å²) in [5.41, 5.74) is 2.36. The van der Waals surface area contributed by atoms with Crippen LogP contribution in [0.3, 0.4) is 0 Å². The van der Waals surface area contributed by atoms with E-state index in [4.69, 9.17) is 14.2 Å². The van der Waals surface area contributed by atoms with Crippen LogP contribution in [-0.4, -0.2) is 44.6 Å². The van der Waals surface area contributed by atoms with Gasteiger partial charge in [0.1, 0.15) is 6.61 Å². The van der Waals surface area contributed by atoms with Crippen molar-refractivity contribution in [3.8, 4) is 17.5 Å². The smallest absolute Gasteiger partial charge is 0.316 e. The summed E-state index contributed by atoms with van der Waals surface area (Å²) in [5.74, 6) is 1.63. The third-order valence-corrected chi connectivity index (χ3v) is 4.74. The van der Waals surface area contributed by atoms with Crippen molar-refractivity contribution >= 4 is 0 Å². The Kier molecular flexibility index (Phi) is 4.10. The topological polar surface area (TPSA) is 74.5 Å². The van der Waals surface area contributed by atoms with Gasteiger partial charge in [0.15, 0.2) is 11.5 Å². The van der Waals surface area contributed by atoms with E-state index in [9.17, 15) is 0 Å². The Bertz CT molecular complexity index is 930. The van der Waals surface area contributed by atoms with Gasteiger partial charge in [0.2, 0.25) is 6.79 Å². The third-order valence-electron chi connectivity index (χ3n) is 4.74. The number of nitrogens with zero attached hydrogens (tertiary/aromatic N) is 5. The fourth-order valence-corrected chi connectivity index (χ4v) is 3.54. The van der Waals surface area contributed by atoms with Crippen LogP contribution in [0.5, 0.6) is 17.5 Å². The zero-order valence-corrected chi connectivity index (χ0v) is 14.7. The molecule has 0 N–H and O–H groups in total. The predicted octanol–water partition coefficient (Wildman–Crippen LogP) is 2.04. The van der Waals surface area contributed by atoms with Crippen LogP contribution < -0.4 is 14.2 Å². The van der Waals surface area contributed by atoms with E-state index in [1.165, 1.54) is 11.3 Å². The molecule has 1 atom stereocenters. The first kappa shape index (κ1) is 16.1. The highest BCUT2D eigenvalue weighted by molar-refractivity contribution is 5.44. The van der Waals surface area contributed by atoms with Crippen molar-refractivity contribution in [1.29, 1.82) is 0 Å². The van der Waals surface area contributed by atoms with Crippen molar-refractivity contribution in [1.82, 2.24) is 24.6 Å². The summed E-state index contributed by atoms with van der Waals surface area (Å²) in [6, 6.07) is 10.4. The lowest BCUT2D eigenvalue weighted by atomic mass is 10.1. The highest BCUT2D eigenvalue weighted by Gasteiger charge is 2.27. The second-order valence-electron chi connectivity index (χ2n) is 6.62. The van der Waals surface area contributed by atoms with Crippen molar-refractivity contribution in [2.45, 2.75) is 19.1 Å². The van der Waals surface area contributed by atoms with Crippen LogP contribution >= 0.6 is 0 Å². The SMILES string of the molecule is c1cnc(OC[C@@H]2CN(Cc3ccc4c(c3)OCO4)Cc3ccnn32)nc1. The summed E-state index contributed by atoms with van der Waals surface area (Å²) in [5, 5.41) is 4.47. The van der Waals surface area contributed by atoms with Crippen molar-refractivity contribution in [3.63, 3.8) is 0 Å². The number of aromatic nitrogens is 4. The maximum Gasteiger partial charge on any atom is 0.316 e. The molecule has 8 nitrogen and oxygen atoms in total. The fraction of sp³-hybridized carbons (Fsp3) is 0.316. The van der Waals surface area contributed by atoms with Gasteiger partial charge >= 0.3 is 6.01 Å². The number of hydrogen-bond acceptors (Lipinski definition) is 7. The Morgan fingerprint density at radius 2 is 1.96 bits per heavy atom. The molecule has 0 bridgehead atoms. The standard InChI is InChI=1S/C19H19N5O3/c1-5-20-19(21-6-1)25-12-16-11-23(10-15-4-7-22-24(15)16)9-14-2-3-17-18(8-14)27-13-26-17/h1-8,16H,9-13H2/t16-/m0/s1. The lowest BCUT2D eigenvalue weighted by Gasteiger charge is -2.33. The highest BCUT2D eigenvalue weighted by Crippen LogP contribution is 2.33. The summed E-state index contributed by atoms with van der Waals surface area (Å²) in [4.78, 5) is 10.6. The predicted molar refractivity (Wildman–Crippen MR) is 95.5 cm³/mol. The molecule has 138 valence electrons. The van der Waals surface area contributed by atoms with E-state index in [-0.39, 0.29) is 6.04 Å². The van der Waals surface area contributed by atoms with Crippen LogP contribution in [0.25, 0.3) is 0 Å². The van der Waals surface area contributed by atoms with Crippen molar-refractivity contribution in [2.24, 2.45) is 0 Å². The minimum atomic E-state index is 0.0987. The molecule has 0 aliphatic carbocycles. The molecule has 0 unspecified atom stereocenters. The Hall–Kier alpha value is -3.13. The van der Waals surface area contributed by atoms with Gasteiger partial charge in [-0.15, -0.1) is 0 Å². The first-order valence-electron chi connectivity index (χ1n) is 8.88. The second kappa shape index (κ2) is 6.88. The van der Waals surface area contributed by atoms with Crippen LogP contribution in [0.4, 0.5) is 0 Å². The van der Waals surface area contributed by atoms with Crippen molar-refractivity contribution in [2.75, 3.05) is 19.9 Å². The van der Waals surface area contributed by atoms with E-state index in [1.54, 1.807) is 18.5 Å². The molecule has 0 amide bonds. The molecule has 3 aromatic rings. The Morgan fingerprint density at radius 1 is 1.07 bits per heavy atom. The molecule has 8 heteroatoms. The molecule has 2 aliphatic heterocycles. The first-order valence-corrected chi connectivity index (χ1v) is 8.88. The Labute approximate surface area is 156 Å². The van der Waals surface area contributed by atoms with E-state index >= 15 is 0 Å². The molecule has 0 radical (unpaired) electrons. The molecule has 5 rings (SSSR count). The van der Waals surface area contributed by atoms with Gasteiger partial charge in [0.05, 0.1) is 11.7 Å². The molecule has 27 heavy (non-hydrogen) atoms. The van der Waals surface area contributed by atoms with Gasteiger partial charge in [-0.1, -0.05) is 6.07 Å². The van der Waals surface area contributed by atoms with E-state index in [0.717, 1.165) is 31.1 Å². The van der Waals surface area contributed by atoms with Crippen LogP contribution in [-0.2, 0) is 13.1 Å². The van der Waals surface area contributed by atoms with Crippen LogP contribution in [0.2, 0.25) is 0 Å². The molecule has 0 fully saturated rings. The van der Waals surface area contributed by atoms with Gasteiger partial charge in [-0.3, -0.25) is 9.58 Å². The average Bonchev–Trinajstić information content (AvgIpc) is 3.35. The number of hydrogen-bond donors (Lipinski definition) is 0. The van der Waals surface area contributed by atoms with Gasteiger partial charge in [-0.25, -0.2) is 9.97 Å². The number of fused-ring (bicyclic) bond motifs is 2.